The monoisotopic (exact) mass is 442 g/mol. The summed E-state index contributed by atoms with van der Waals surface area (Å²) in [6.45, 7) is 7.80. The summed E-state index contributed by atoms with van der Waals surface area (Å²) in [5, 5.41) is 0. The lowest BCUT2D eigenvalue weighted by Crippen LogP contribution is -2.60. The zero-order valence-electron chi connectivity index (χ0n) is 17.3. The van der Waals surface area contributed by atoms with Crippen LogP contribution in [0.5, 0.6) is 5.75 Å². The molecule has 2 aliphatic rings. The molecule has 5 nitrogen and oxygen atoms in total. The van der Waals surface area contributed by atoms with Crippen molar-refractivity contribution < 1.29 is 31.9 Å². The largest absolute Gasteiger partial charge is 0.489 e. The predicted octanol–water partition coefficient (Wildman–Crippen LogP) is 4.10. The van der Waals surface area contributed by atoms with Gasteiger partial charge in [-0.1, -0.05) is 25.6 Å². The third-order valence-electron chi connectivity index (χ3n) is 4.86. The molecule has 0 N–H and O–H groups in total. The Morgan fingerprint density at radius 2 is 1.83 bits per heavy atom. The number of halogens is 4. The SMILES string of the molecule is CC1Cc2c(c(C#C[Si](C)(C)C)cc(F)c2N2C(=O)CC(C(F)(F)F)N(C)C2=O)O1. The van der Waals surface area contributed by atoms with Crippen LogP contribution in [0.25, 0.3) is 0 Å². The van der Waals surface area contributed by atoms with Crippen molar-refractivity contribution in [1.29, 1.82) is 0 Å². The quantitative estimate of drug-likeness (QED) is 0.374. The first-order chi connectivity index (χ1) is 13.7. The normalized spacial score (nSPS) is 21.9. The van der Waals surface area contributed by atoms with Crippen LogP contribution in [-0.4, -0.2) is 50.3 Å². The number of ether oxygens (including phenoxy) is 1. The standard InChI is InChI=1S/C20H22F4N2O3Si/c1-11-8-13-17(14(21)9-12(18(13)29-11)6-7-30(3,4)5)26-16(27)10-15(20(22,23)24)25(2)19(26)28/h9,11,15H,8,10H2,1-5H3. The lowest BCUT2D eigenvalue weighted by Gasteiger charge is -2.39. The molecule has 2 heterocycles. The molecule has 0 spiro atoms. The number of alkyl halides is 3. The molecule has 2 atom stereocenters. The highest BCUT2D eigenvalue weighted by molar-refractivity contribution is 6.83. The number of carbonyl (C=O) groups excluding carboxylic acids is 2. The van der Waals surface area contributed by atoms with Gasteiger partial charge in [0, 0.05) is 19.0 Å². The lowest BCUT2D eigenvalue weighted by atomic mass is 10.0. The Morgan fingerprint density at radius 1 is 1.20 bits per heavy atom. The number of anilines is 1. The molecule has 162 valence electrons. The zero-order valence-corrected chi connectivity index (χ0v) is 18.3. The number of carbonyl (C=O) groups is 2. The van der Waals surface area contributed by atoms with Gasteiger partial charge in [-0.25, -0.2) is 14.1 Å². The second-order valence-electron chi connectivity index (χ2n) is 8.58. The molecule has 2 aliphatic heterocycles. The van der Waals surface area contributed by atoms with E-state index in [9.17, 15) is 22.8 Å². The van der Waals surface area contributed by atoms with Gasteiger partial charge < -0.3 is 9.64 Å². The third-order valence-corrected chi connectivity index (χ3v) is 5.74. The number of amides is 3. The van der Waals surface area contributed by atoms with Crippen LogP contribution in [-0.2, 0) is 11.2 Å². The number of rotatable bonds is 1. The number of nitrogens with zero attached hydrogens (tertiary/aromatic N) is 2. The molecule has 1 aromatic rings. The Kier molecular flexibility index (Phi) is 5.39. The fourth-order valence-electron chi connectivity index (χ4n) is 3.47. The van der Waals surface area contributed by atoms with E-state index in [4.69, 9.17) is 4.74 Å². The van der Waals surface area contributed by atoms with Crippen molar-refractivity contribution in [2.75, 3.05) is 11.9 Å². The van der Waals surface area contributed by atoms with E-state index in [-0.39, 0.29) is 29.5 Å². The molecular weight excluding hydrogens is 420 g/mol. The number of hydrogen-bond donors (Lipinski definition) is 0. The minimum absolute atomic E-state index is 0.202. The van der Waals surface area contributed by atoms with Crippen LogP contribution >= 0.6 is 0 Å². The third kappa shape index (κ3) is 4.03. The van der Waals surface area contributed by atoms with Gasteiger partial charge in [-0.15, -0.1) is 5.54 Å². The van der Waals surface area contributed by atoms with E-state index in [2.05, 4.69) is 11.5 Å². The van der Waals surface area contributed by atoms with E-state index in [1.807, 2.05) is 19.6 Å². The van der Waals surface area contributed by atoms with E-state index >= 15 is 4.39 Å². The molecule has 3 amide bonds. The summed E-state index contributed by atoms with van der Waals surface area (Å²) in [5.74, 6) is 1.20. The van der Waals surface area contributed by atoms with Gasteiger partial charge >= 0.3 is 12.2 Å². The molecule has 0 bridgehead atoms. The number of imide groups is 1. The van der Waals surface area contributed by atoms with E-state index in [0.29, 0.717) is 15.4 Å². The molecule has 10 heteroatoms. The van der Waals surface area contributed by atoms with E-state index in [1.165, 1.54) is 0 Å². The first kappa shape index (κ1) is 22.1. The highest BCUT2D eigenvalue weighted by Gasteiger charge is 2.52. The summed E-state index contributed by atoms with van der Waals surface area (Å²) in [7, 11) is -0.831. The zero-order chi connectivity index (χ0) is 22.6. The second kappa shape index (κ2) is 7.30. The van der Waals surface area contributed by atoms with E-state index in [0.717, 1.165) is 13.1 Å². The van der Waals surface area contributed by atoms with Gasteiger partial charge in [0.1, 0.15) is 31.8 Å². The molecule has 1 saturated heterocycles. The predicted molar refractivity (Wildman–Crippen MR) is 106 cm³/mol. The Balaban J connectivity index is 2.12. The molecule has 0 aliphatic carbocycles. The van der Waals surface area contributed by atoms with Crippen LogP contribution in [0.3, 0.4) is 0 Å². The summed E-state index contributed by atoms with van der Waals surface area (Å²) in [6.07, 6.45) is -5.90. The minimum Gasteiger partial charge on any atom is -0.489 e. The lowest BCUT2D eigenvalue weighted by molar-refractivity contribution is -0.179. The Bertz CT molecular complexity index is 975. The molecule has 30 heavy (non-hydrogen) atoms. The van der Waals surface area contributed by atoms with Crippen LogP contribution in [0.4, 0.5) is 28.0 Å². The van der Waals surface area contributed by atoms with Gasteiger partial charge in [0.25, 0.3) is 0 Å². The molecular formula is C20H22F4N2O3Si. The van der Waals surface area contributed by atoms with Crippen molar-refractivity contribution in [3.8, 4) is 17.2 Å². The van der Waals surface area contributed by atoms with Crippen molar-refractivity contribution in [3.63, 3.8) is 0 Å². The Hall–Kier alpha value is -2.54. The molecule has 0 radical (unpaired) electrons. The van der Waals surface area contributed by atoms with E-state index < -0.39 is 44.5 Å². The van der Waals surface area contributed by atoms with Crippen LogP contribution in [0.2, 0.25) is 19.6 Å². The maximum atomic E-state index is 15.1. The number of fused-ring (bicyclic) bond motifs is 1. The summed E-state index contributed by atoms with van der Waals surface area (Å²) in [5.41, 5.74) is 3.33. The second-order valence-corrected chi connectivity index (χ2v) is 13.3. The highest BCUT2D eigenvalue weighted by Crippen LogP contribution is 2.43. The smallest absolute Gasteiger partial charge is 0.409 e. The average Bonchev–Trinajstić information content (AvgIpc) is 2.98. The Labute approximate surface area is 173 Å². The van der Waals surface area contributed by atoms with Crippen LogP contribution < -0.4 is 9.64 Å². The van der Waals surface area contributed by atoms with Crippen LogP contribution in [0.15, 0.2) is 6.07 Å². The summed E-state index contributed by atoms with van der Waals surface area (Å²) in [6, 6.07) is -2.40. The highest BCUT2D eigenvalue weighted by atomic mass is 28.3. The molecule has 1 aromatic carbocycles. The molecule has 0 saturated carbocycles. The van der Waals surface area contributed by atoms with E-state index in [1.54, 1.807) is 6.92 Å². The van der Waals surface area contributed by atoms with Gasteiger partial charge in [-0.3, -0.25) is 4.79 Å². The number of urea groups is 1. The fourth-order valence-corrected chi connectivity index (χ4v) is 3.98. The summed E-state index contributed by atoms with van der Waals surface area (Å²) < 4.78 is 60.5. The summed E-state index contributed by atoms with van der Waals surface area (Å²) in [4.78, 5) is 26.1. The van der Waals surface area contributed by atoms with Gasteiger partial charge in [-0.2, -0.15) is 13.2 Å². The van der Waals surface area contributed by atoms with Gasteiger partial charge in [0.05, 0.1) is 17.7 Å². The molecule has 1 fully saturated rings. The molecule has 3 rings (SSSR count). The number of benzene rings is 1. The average molecular weight is 442 g/mol. The summed E-state index contributed by atoms with van der Waals surface area (Å²) >= 11 is 0. The van der Waals surface area contributed by atoms with Crippen molar-refractivity contribution in [3.05, 3.63) is 23.0 Å². The van der Waals surface area contributed by atoms with Crippen molar-refractivity contribution in [2.24, 2.45) is 0 Å². The maximum absolute atomic E-state index is 15.1. The fraction of sp³-hybridized carbons (Fsp3) is 0.500. The molecule has 0 aromatic heterocycles. The topological polar surface area (TPSA) is 49.9 Å². The number of hydrogen-bond acceptors (Lipinski definition) is 3. The van der Waals surface area contributed by atoms with Crippen molar-refractivity contribution in [2.45, 2.75) is 57.7 Å². The Morgan fingerprint density at radius 3 is 2.40 bits per heavy atom. The van der Waals surface area contributed by atoms with Crippen LogP contribution in [0, 0.1) is 17.3 Å². The van der Waals surface area contributed by atoms with Gasteiger partial charge in [0.2, 0.25) is 5.91 Å². The first-order valence-corrected chi connectivity index (χ1v) is 12.9. The molecule has 2 unspecified atom stereocenters. The minimum atomic E-state index is -4.76. The maximum Gasteiger partial charge on any atom is 0.409 e. The first-order valence-electron chi connectivity index (χ1n) is 9.42. The van der Waals surface area contributed by atoms with Crippen LogP contribution in [0.1, 0.15) is 24.5 Å². The van der Waals surface area contributed by atoms with Crippen molar-refractivity contribution >= 4 is 25.7 Å². The van der Waals surface area contributed by atoms with Crippen molar-refractivity contribution in [1.82, 2.24) is 4.90 Å². The van der Waals surface area contributed by atoms with Gasteiger partial charge in [0.15, 0.2) is 0 Å². The van der Waals surface area contributed by atoms with Gasteiger partial charge in [-0.05, 0) is 13.0 Å².